The summed E-state index contributed by atoms with van der Waals surface area (Å²) in [5.74, 6) is -1.22. The normalized spacial score (nSPS) is 20.7. The Morgan fingerprint density at radius 3 is 2.37 bits per heavy atom. The molecule has 1 aliphatic heterocycles. The van der Waals surface area contributed by atoms with E-state index in [0.717, 1.165) is 17.8 Å². The van der Waals surface area contributed by atoms with Crippen LogP contribution in [0.3, 0.4) is 0 Å². The van der Waals surface area contributed by atoms with E-state index in [1.807, 2.05) is 37.7 Å². The lowest BCUT2D eigenvalue weighted by atomic mass is 9.90. The van der Waals surface area contributed by atoms with Gasteiger partial charge in [-0.1, -0.05) is 17.7 Å². The highest BCUT2D eigenvalue weighted by Crippen LogP contribution is 2.41. The predicted molar refractivity (Wildman–Crippen MR) is 126 cm³/mol. The van der Waals surface area contributed by atoms with Gasteiger partial charge in [-0.25, -0.2) is 4.39 Å². The zero-order valence-corrected chi connectivity index (χ0v) is 20.1. The van der Waals surface area contributed by atoms with Crippen molar-refractivity contribution in [2.75, 3.05) is 5.32 Å². The number of benzene rings is 2. The second-order valence-corrected chi connectivity index (χ2v) is 10.0. The zero-order chi connectivity index (χ0) is 25.5. The van der Waals surface area contributed by atoms with Gasteiger partial charge in [0, 0.05) is 23.8 Å². The molecule has 2 aromatic carbocycles. The van der Waals surface area contributed by atoms with Gasteiger partial charge < -0.3 is 5.32 Å². The summed E-state index contributed by atoms with van der Waals surface area (Å²) in [4.78, 5) is 13.0. The van der Waals surface area contributed by atoms with Crippen LogP contribution in [0.2, 0.25) is 5.02 Å². The molecule has 0 bridgehead atoms. The number of alkyl halides is 3. The number of carbonyl (C=O) groups is 1. The molecule has 0 spiro atoms. The number of aromatic nitrogens is 2. The maximum atomic E-state index is 14.2. The molecule has 5 nitrogen and oxygen atoms in total. The smallest absolute Gasteiger partial charge is 0.325 e. The van der Waals surface area contributed by atoms with Crippen LogP contribution in [0.15, 0.2) is 54.7 Å². The predicted octanol–water partition coefficient (Wildman–Crippen LogP) is 6.27. The fourth-order valence-corrected chi connectivity index (χ4v) is 4.30. The van der Waals surface area contributed by atoms with Crippen LogP contribution in [0.25, 0.3) is 0 Å². The van der Waals surface area contributed by atoms with Gasteiger partial charge >= 0.3 is 6.18 Å². The van der Waals surface area contributed by atoms with E-state index in [1.165, 1.54) is 24.3 Å². The van der Waals surface area contributed by atoms with Crippen LogP contribution in [-0.4, -0.2) is 21.7 Å². The lowest BCUT2D eigenvalue weighted by Gasteiger charge is -2.21. The summed E-state index contributed by atoms with van der Waals surface area (Å²) in [5.41, 5.74) is 0.573. The van der Waals surface area contributed by atoms with Crippen molar-refractivity contribution in [1.82, 2.24) is 15.1 Å². The minimum absolute atomic E-state index is 0.00287. The third kappa shape index (κ3) is 5.51. The molecule has 1 saturated heterocycles. The molecule has 3 atom stereocenters. The van der Waals surface area contributed by atoms with Crippen molar-refractivity contribution in [2.45, 2.75) is 56.9 Å². The zero-order valence-electron chi connectivity index (χ0n) is 19.3. The van der Waals surface area contributed by atoms with Crippen LogP contribution in [-0.2, 0) is 16.5 Å². The van der Waals surface area contributed by atoms with Crippen LogP contribution in [0.1, 0.15) is 56.0 Å². The molecule has 3 aromatic rings. The Kier molecular flexibility index (Phi) is 6.68. The Labute approximate surface area is 205 Å². The van der Waals surface area contributed by atoms with Gasteiger partial charge in [-0.2, -0.15) is 18.3 Å². The average Bonchev–Trinajstić information content (AvgIpc) is 3.43. The fraction of sp³-hybridized carbons (Fsp3) is 0.360. The molecular formula is C25H25ClF4N4O. The first-order valence-electron chi connectivity index (χ1n) is 11.1. The highest BCUT2D eigenvalue weighted by Gasteiger charge is 2.40. The molecular weight excluding hydrogens is 484 g/mol. The van der Waals surface area contributed by atoms with Crippen molar-refractivity contribution in [2.24, 2.45) is 0 Å². The molecule has 2 N–H and O–H groups in total. The number of rotatable bonds is 4. The summed E-state index contributed by atoms with van der Waals surface area (Å²) in [6, 6.07) is 9.55. The van der Waals surface area contributed by atoms with E-state index in [4.69, 9.17) is 16.7 Å². The summed E-state index contributed by atoms with van der Waals surface area (Å²) in [6.07, 6.45) is -2.23. The van der Waals surface area contributed by atoms with Crippen molar-refractivity contribution >= 4 is 23.2 Å². The molecule has 1 amide bonds. The van der Waals surface area contributed by atoms with Crippen LogP contribution in [0.4, 0.5) is 23.2 Å². The first-order chi connectivity index (χ1) is 16.3. The second kappa shape index (κ2) is 9.28. The van der Waals surface area contributed by atoms with E-state index < -0.39 is 35.5 Å². The third-order valence-electron chi connectivity index (χ3n) is 6.05. The first-order valence-corrected chi connectivity index (χ1v) is 11.5. The van der Waals surface area contributed by atoms with Crippen molar-refractivity contribution in [3.05, 3.63) is 82.4 Å². The SMILES string of the molecule is CC(C)(C)n1ccc([C@@H]2C[C@@H](C(=O)Nc3ccc(C(F)(F)F)cc3)N[C@H]2c2ccc(Cl)c(F)c2)n1. The van der Waals surface area contributed by atoms with Crippen LogP contribution >= 0.6 is 11.6 Å². The molecule has 10 heteroatoms. The number of hydrogen-bond acceptors (Lipinski definition) is 3. The Hall–Kier alpha value is -2.91. The molecule has 1 fully saturated rings. The fourth-order valence-electron chi connectivity index (χ4n) is 4.18. The molecule has 35 heavy (non-hydrogen) atoms. The van der Waals surface area contributed by atoms with Crippen LogP contribution in [0, 0.1) is 5.82 Å². The number of nitrogens with one attached hydrogen (secondary N) is 2. The lowest BCUT2D eigenvalue weighted by molar-refractivity contribution is -0.137. The molecule has 1 aromatic heterocycles. The van der Waals surface area contributed by atoms with E-state index in [1.54, 1.807) is 6.07 Å². The van der Waals surface area contributed by atoms with Gasteiger partial charge in [-0.3, -0.25) is 14.8 Å². The van der Waals surface area contributed by atoms with E-state index in [-0.39, 0.29) is 22.2 Å². The minimum Gasteiger partial charge on any atom is -0.325 e. The first kappa shape index (κ1) is 25.2. The number of halogens is 5. The maximum absolute atomic E-state index is 14.2. The summed E-state index contributed by atoms with van der Waals surface area (Å²) in [7, 11) is 0. The molecule has 2 heterocycles. The van der Waals surface area contributed by atoms with Gasteiger partial charge in [0.1, 0.15) is 5.82 Å². The standard InChI is InChI=1S/C25H25ClF4N4O/c1-24(2,3)34-11-10-20(33-34)17-13-21(32-22(17)14-4-9-18(26)19(27)12-14)23(35)31-16-7-5-15(6-8-16)25(28,29)30/h4-12,17,21-22,32H,13H2,1-3H3,(H,31,35)/t17-,21-,22-/m0/s1. The highest BCUT2D eigenvalue weighted by atomic mass is 35.5. The number of nitrogens with zero attached hydrogens (tertiary/aromatic N) is 2. The lowest BCUT2D eigenvalue weighted by Crippen LogP contribution is -2.36. The maximum Gasteiger partial charge on any atom is 0.416 e. The summed E-state index contributed by atoms with van der Waals surface area (Å²) in [6.45, 7) is 6.05. The van der Waals surface area contributed by atoms with Crippen molar-refractivity contribution in [3.63, 3.8) is 0 Å². The molecule has 4 rings (SSSR count). The molecule has 0 aliphatic carbocycles. The summed E-state index contributed by atoms with van der Waals surface area (Å²) < 4.78 is 54.5. The topological polar surface area (TPSA) is 59.0 Å². The minimum atomic E-state index is -4.46. The summed E-state index contributed by atoms with van der Waals surface area (Å²) in [5, 5.41) is 10.6. The third-order valence-corrected chi connectivity index (χ3v) is 6.36. The Morgan fingerprint density at radius 1 is 1.11 bits per heavy atom. The number of anilines is 1. The van der Waals surface area contributed by atoms with E-state index in [0.29, 0.717) is 12.0 Å². The van der Waals surface area contributed by atoms with Gasteiger partial charge in [0.25, 0.3) is 0 Å². The molecule has 0 radical (unpaired) electrons. The number of amides is 1. The summed E-state index contributed by atoms with van der Waals surface area (Å²) >= 11 is 5.86. The van der Waals surface area contributed by atoms with Gasteiger partial charge in [0.15, 0.2) is 0 Å². The molecule has 186 valence electrons. The monoisotopic (exact) mass is 508 g/mol. The van der Waals surface area contributed by atoms with Crippen molar-refractivity contribution in [1.29, 1.82) is 0 Å². The number of carbonyl (C=O) groups excluding carboxylic acids is 1. The van der Waals surface area contributed by atoms with Crippen LogP contribution in [0.5, 0.6) is 0 Å². The van der Waals surface area contributed by atoms with E-state index in [2.05, 4.69) is 10.6 Å². The molecule has 0 saturated carbocycles. The number of hydrogen-bond donors (Lipinski definition) is 2. The second-order valence-electron chi connectivity index (χ2n) is 9.63. The van der Waals surface area contributed by atoms with Gasteiger partial charge in [0.05, 0.1) is 27.9 Å². The highest BCUT2D eigenvalue weighted by molar-refractivity contribution is 6.30. The van der Waals surface area contributed by atoms with Crippen molar-refractivity contribution in [3.8, 4) is 0 Å². The Bertz CT molecular complexity index is 1220. The Morgan fingerprint density at radius 2 is 1.80 bits per heavy atom. The molecule has 1 aliphatic rings. The van der Waals surface area contributed by atoms with Crippen LogP contribution < -0.4 is 10.6 Å². The Balaban J connectivity index is 1.59. The van der Waals surface area contributed by atoms with E-state index in [9.17, 15) is 22.4 Å². The van der Waals surface area contributed by atoms with Crippen molar-refractivity contribution < 1.29 is 22.4 Å². The largest absolute Gasteiger partial charge is 0.416 e. The average molecular weight is 509 g/mol. The molecule has 0 unspecified atom stereocenters. The van der Waals surface area contributed by atoms with Gasteiger partial charge in [-0.15, -0.1) is 0 Å². The van der Waals surface area contributed by atoms with Gasteiger partial charge in [-0.05, 0) is 75.2 Å². The van der Waals surface area contributed by atoms with Gasteiger partial charge in [0.2, 0.25) is 5.91 Å². The quantitative estimate of drug-likeness (QED) is 0.408. The van der Waals surface area contributed by atoms with E-state index >= 15 is 0 Å².